The second-order valence-electron chi connectivity index (χ2n) is 4.68. The van der Waals surface area contributed by atoms with E-state index < -0.39 is 16.0 Å². The first-order chi connectivity index (χ1) is 9.93. The van der Waals surface area contributed by atoms with E-state index in [2.05, 4.69) is 5.32 Å². The second-order valence-corrected chi connectivity index (χ2v) is 6.64. The quantitative estimate of drug-likeness (QED) is 0.707. The van der Waals surface area contributed by atoms with Gasteiger partial charge in [-0.25, -0.2) is 4.39 Å². The van der Waals surface area contributed by atoms with Crippen molar-refractivity contribution in [2.45, 2.75) is 20.3 Å². The van der Waals surface area contributed by atoms with Crippen molar-refractivity contribution in [1.82, 2.24) is 9.62 Å². The zero-order chi connectivity index (χ0) is 15.9. The smallest absolute Gasteiger partial charge is 0.303 e. The summed E-state index contributed by atoms with van der Waals surface area (Å²) in [6.45, 7) is 6.03. The molecule has 0 fully saturated rings. The van der Waals surface area contributed by atoms with Gasteiger partial charge >= 0.3 is 10.2 Å². The van der Waals surface area contributed by atoms with Gasteiger partial charge < -0.3 is 5.32 Å². The fourth-order valence-electron chi connectivity index (χ4n) is 2.00. The molecule has 0 aromatic heterocycles. The summed E-state index contributed by atoms with van der Waals surface area (Å²) >= 11 is 0. The standard InChI is InChI=1S/C14H24FN3O2S/c1-4-16-10-7-11-17(3)21(19,20)18(5-2)14-9-6-8-13(15)12-14/h6,8-9,12,16H,4-5,7,10-11H2,1-3H3. The Morgan fingerprint density at radius 3 is 2.57 bits per heavy atom. The van der Waals surface area contributed by atoms with E-state index in [0.29, 0.717) is 12.2 Å². The lowest BCUT2D eigenvalue weighted by atomic mass is 10.3. The molecule has 0 spiro atoms. The highest BCUT2D eigenvalue weighted by atomic mass is 32.2. The molecule has 0 saturated heterocycles. The fourth-order valence-corrected chi connectivity index (χ4v) is 3.40. The van der Waals surface area contributed by atoms with Gasteiger partial charge in [-0.2, -0.15) is 12.7 Å². The van der Waals surface area contributed by atoms with E-state index in [-0.39, 0.29) is 6.54 Å². The number of halogens is 1. The van der Waals surface area contributed by atoms with E-state index in [0.717, 1.165) is 19.5 Å². The van der Waals surface area contributed by atoms with Gasteiger partial charge in [-0.1, -0.05) is 13.0 Å². The molecule has 0 saturated carbocycles. The maximum absolute atomic E-state index is 13.3. The van der Waals surface area contributed by atoms with E-state index in [9.17, 15) is 12.8 Å². The number of hydrogen-bond donors (Lipinski definition) is 1. The van der Waals surface area contributed by atoms with Crippen LogP contribution in [0.2, 0.25) is 0 Å². The van der Waals surface area contributed by atoms with Crippen LogP contribution >= 0.6 is 0 Å². The number of hydrogen-bond acceptors (Lipinski definition) is 3. The monoisotopic (exact) mass is 317 g/mol. The van der Waals surface area contributed by atoms with Gasteiger partial charge in [-0.05, 0) is 44.6 Å². The Labute approximate surface area is 126 Å². The van der Waals surface area contributed by atoms with Crippen LogP contribution in [0.1, 0.15) is 20.3 Å². The average Bonchev–Trinajstić information content (AvgIpc) is 2.44. The van der Waals surface area contributed by atoms with Crippen LogP contribution in [0.3, 0.4) is 0 Å². The molecule has 1 aromatic rings. The third kappa shape index (κ3) is 4.94. The normalized spacial score (nSPS) is 11.9. The topological polar surface area (TPSA) is 52.7 Å². The molecule has 0 atom stereocenters. The van der Waals surface area contributed by atoms with Crippen molar-refractivity contribution < 1.29 is 12.8 Å². The third-order valence-corrected chi connectivity index (χ3v) is 5.13. The van der Waals surface area contributed by atoms with Crippen LogP contribution in [0.4, 0.5) is 10.1 Å². The molecule has 0 aliphatic heterocycles. The minimum absolute atomic E-state index is 0.253. The Morgan fingerprint density at radius 1 is 1.29 bits per heavy atom. The average molecular weight is 317 g/mol. The molecule has 1 N–H and O–H groups in total. The number of benzene rings is 1. The summed E-state index contributed by atoms with van der Waals surface area (Å²) in [5.41, 5.74) is 0.344. The lowest BCUT2D eigenvalue weighted by Gasteiger charge is -2.28. The van der Waals surface area contributed by atoms with Gasteiger partial charge in [0.05, 0.1) is 5.69 Å². The number of nitrogens with one attached hydrogen (secondary N) is 1. The third-order valence-electron chi connectivity index (χ3n) is 3.13. The summed E-state index contributed by atoms with van der Waals surface area (Å²) in [5.74, 6) is -0.448. The lowest BCUT2D eigenvalue weighted by molar-refractivity contribution is 0.453. The van der Waals surface area contributed by atoms with Gasteiger partial charge in [-0.15, -0.1) is 0 Å². The predicted molar refractivity (Wildman–Crippen MR) is 84.1 cm³/mol. The highest BCUT2D eigenvalue weighted by Crippen LogP contribution is 2.20. The molecule has 0 radical (unpaired) electrons. The van der Waals surface area contributed by atoms with Gasteiger partial charge in [0.25, 0.3) is 0 Å². The molecule has 120 valence electrons. The zero-order valence-corrected chi connectivity index (χ0v) is 13.7. The van der Waals surface area contributed by atoms with Crippen LogP contribution in [0.15, 0.2) is 24.3 Å². The van der Waals surface area contributed by atoms with Gasteiger partial charge in [0.2, 0.25) is 0 Å². The van der Waals surface area contributed by atoms with Gasteiger partial charge in [0.1, 0.15) is 5.82 Å². The van der Waals surface area contributed by atoms with Crippen LogP contribution in [-0.2, 0) is 10.2 Å². The van der Waals surface area contributed by atoms with E-state index in [4.69, 9.17) is 0 Å². The molecular weight excluding hydrogens is 293 g/mol. The van der Waals surface area contributed by atoms with Crippen LogP contribution < -0.4 is 9.62 Å². The Morgan fingerprint density at radius 2 is 2.00 bits per heavy atom. The maximum Gasteiger partial charge on any atom is 0.303 e. The minimum Gasteiger partial charge on any atom is -0.317 e. The van der Waals surface area contributed by atoms with Crippen molar-refractivity contribution in [2.75, 3.05) is 37.5 Å². The zero-order valence-electron chi connectivity index (χ0n) is 12.8. The number of nitrogens with zero attached hydrogens (tertiary/aromatic N) is 2. The lowest BCUT2D eigenvalue weighted by Crippen LogP contribution is -2.42. The van der Waals surface area contributed by atoms with E-state index in [1.165, 1.54) is 26.8 Å². The first kappa shape index (κ1) is 17.9. The largest absolute Gasteiger partial charge is 0.317 e. The van der Waals surface area contributed by atoms with Gasteiger partial charge in [0, 0.05) is 20.1 Å². The Balaban J connectivity index is 2.82. The first-order valence-corrected chi connectivity index (χ1v) is 8.53. The van der Waals surface area contributed by atoms with E-state index in [1.807, 2.05) is 6.92 Å². The van der Waals surface area contributed by atoms with Crippen LogP contribution in [0.25, 0.3) is 0 Å². The van der Waals surface area contributed by atoms with E-state index in [1.54, 1.807) is 20.0 Å². The second kappa shape index (κ2) is 8.31. The predicted octanol–water partition coefficient (Wildman–Crippen LogP) is 1.83. The van der Waals surface area contributed by atoms with Gasteiger partial charge in [0.15, 0.2) is 0 Å². The van der Waals surface area contributed by atoms with E-state index >= 15 is 0 Å². The van der Waals surface area contributed by atoms with Crippen molar-refractivity contribution in [1.29, 1.82) is 0 Å². The molecule has 0 amide bonds. The molecular formula is C14H24FN3O2S. The van der Waals surface area contributed by atoms with Crippen LogP contribution in [-0.4, -0.2) is 45.9 Å². The van der Waals surface area contributed by atoms with Gasteiger partial charge in [-0.3, -0.25) is 4.31 Å². The molecule has 1 rings (SSSR count). The molecule has 21 heavy (non-hydrogen) atoms. The summed E-state index contributed by atoms with van der Waals surface area (Å²) in [5, 5.41) is 3.15. The molecule has 0 aliphatic carbocycles. The molecule has 0 bridgehead atoms. The van der Waals surface area contributed by atoms with Crippen LogP contribution in [0.5, 0.6) is 0 Å². The highest BCUT2D eigenvalue weighted by Gasteiger charge is 2.25. The minimum atomic E-state index is -3.64. The Bertz CT molecular complexity index is 537. The number of anilines is 1. The number of rotatable bonds is 9. The van der Waals surface area contributed by atoms with Crippen molar-refractivity contribution in [3.8, 4) is 0 Å². The van der Waals surface area contributed by atoms with Crippen molar-refractivity contribution in [3.63, 3.8) is 0 Å². The first-order valence-electron chi connectivity index (χ1n) is 7.13. The summed E-state index contributed by atoms with van der Waals surface area (Å²) in [4.78, 5) is 0. The molecule has 0 aliphatic rings. The van der Waals surface area contributed by atoms with Crippen LogP contribution in [0, 0.1) is 5.82 Å². The summed E-state index contributed by atoms with van der Waals surface area (Å²) in [7, 11) is -2.09. The molecule has 0 heterocycles. The highest BCUT2D eigenvalue weighted by molar-refractivity contribution is 7.90. The van der Waals surface area contributed by atoms with Crippen molar-refractivity contribution >= 4 is 15.9 Å². The van der Waals surface area contributed by atoms with Crippen molar-refractivity contribution in [3.05, 3.63) is 30.1 Å². The summed E-state index contributed by atoms with van der Waals surface area (Å²) < 4.78 is 40.9. The van der Waals surface area contributed by atoms with Crippen molar-refractivity contribution in [2.24, 2.45) is 0 Å². The molecule has 0 unspecified atom stereocenters. The molecule has 1 aromatic carbocycles. The summed E-state index contributed by atoms with van der Waals surface area (Å²) in [6, 6.07) is 5.63. The maximum atomic E-state index is 13.3. The SMILES string of the molecule is CCNCCCN(C)S(=O)(=O)N(CC)c1cccc(F)c1. The summed E-state index contributed by atoms with van der Waals surface area (Å²) in [6.07, 6.45) is 0.726. The fraction of sp³-hybridized carbons (Fsp3) is 0.571. The Hall–Kier alpha value is -1.18. The Kier molecular flexibility index (Phi) is 7.07. The molecule has 7 heteroatoms. The molecule has 5 nitrogen and oxygen atoms in total.